The first-order valence-corrected chi connectivity index (χ1v) is 8.71. The molecule has 0 saturated carbocycles. The zero-order valence-electron chi connectivity index (χ0n) is 13.1. The van der Waals surface area contributed by atoms with E-state index < -0.39 is 21.7 Å². The van der Waals surface area contributed by atoms with Gasteiger partial charge in [0.2, 0.25) is 3.79 Å². The third-order valence-electron chi connectivity index (χ3n) is 2.91. The topological polar surface area (TPSA) is 106 Å². The van der Waals surface area contributed by atoms with E-state index in [1.807, 2.05) is 0 Å². The number of hydrogen-bond donors (Lipinski definition) is 1. The standard InChI is InChI=1S/C12H10Cl5N5O4/c1-3-25-10(24)6-5(9(23)22(2)20-6)21-26-8-4(13)7(14)18-11(19-8)12(15,16)17/h6,20H,3H2,1-2H3. The molecule has 0 aromatic carbocycles. The highest BCUT2D eigenvalue weighted by Crippen LogP contribution is 2.39. The van der Waals surface area contributed by atoms with Crippen molar-refractivity contribution >= 4 is 75.6 Å². The Morgan fingerprint density at radius 3 is 2.58 bits per heavy atom. The number of hydrogen-bond acceptors (Lipinski definition) is 8. The number of esters is 1. The molecular formula is C12H10Cl5N5O4. The fourth-order valence-electron chi connectivity index (χ4n) is 1.77. The summed E-state index contributed by atoms with van der Waals surface area (Å²) in [6.07, 6.45) is 0. The van der Waals surface area contributed by atoms with Gasteiger partial charge in [0.05, 0.1) is 6.61 Å². The molecule has 1 saturated heterocycles. The number of alkyl halides is 3. The molecule has 0 spiro atoms. The number of rotatable bonds is 4. The quantitative estimate of drug-likeness (QED) is 0.315. The minimum atomic E-state index is -2.00. The van der Waals surface area contributed by atoms with Gasteiger partial charge in [-0.05, 0) is 6.92 Å². The van der Waals surface area contributed by atoms with Gasteiger partial charge >= 0.3 is 5.97 Å². The van der Waals surface area contributed by atoms with Crippen molar-refractivity contribution in [2.75, 3.05) is 13.7 Å². The van der Waals surface area contributed by atoms with Gasteiger partial charge in [0.1, 0.15) is 5.02 Å². The van der Waals surface area contributed by atoms with E-state index >= 15 is 0 Å². The van der Waals surface area contributed by atoms with Crippen molar-refractivity contribution in [3.63, 3.8) is 0 Å². The minimum absolute atomic E-state index is 0.114. The maximum atomic E-state index is 12.1. The van der Waals surface area contributed by atoms with Gasteiger partial charge < -0.3 is 9.57 Å². The molecule has 2 rings (SSSR count). The highest BCUT2D eigenvalue weighted by molar-refractivity contribution is 6.66. The monoisotopic (exact) mass is 463 g/mol. The van der Waals surface area contributed by atoms with E-state index in [2.05, 4.69) is 20.5 Å². The highest BCUT2D eigenvalue weighted by Gasteiger charge is 2.41. The lowest BCUT2D eigenvalue weighted by Gasteiger charge is -2.12. The number of hydrazine groups is 1. The van der Waals surface area contributed by atoms with E-state index in [1.54, 1.807) is 6.92 Å². The molecule has 1 aromatic rings. The van der Waals surface area contributed by atoms with Crippen LogP contribution in [-0.4, -0.2) is 52.3 Å². The molecular weight excluding hydrogens is 455 g/mol. The average Bonchev–Trinajstić information content (AvgIpc) is 2.83. The van der Waals surface area contributed by atoms with Crippen molar-refractivity contribution in [2.45, 2.75) is 16.8 Å². The van der Waals surface area contributed by atoms with Crippen LogP contribution >= 0.6 is 58.0 Å². The molecule has 1 atom stereocenters. The van der Waals surface area contributed by atoms with Gasteiger partial charge in [0.15, 0.2) is 22.7 Å². The summed E-state index contributed by atoms with van der Waals surface area (Å²) in [4.78, 5) is 36.6. The number of carbonyl (C=O) groups excluding carboxylic acids is 2. The van der Waals surface area contributed by atoms with Crippen molar-refractivity contribution in [2.24, 2.45) is 5.16 Å². The van der Waals surface area contributed by atoms with Crippen LogP contribution in [0.5, 0.6) is 5.88 Å². The van der Waals surface area contributed by atoms with Crippen LogP contribution in [0, 0.1) is 0 Å². The Morgan fingerprint density at radius 1 is 1.35 bits per heavy atom. The summed E-state index contributed by atoms with van der Waals surface area (Å²) < 4.78 is 2.87. The van der Waals surface area contributed by atoms with Crippen LogP contribution in [-0.2, 0) is 18.1 Å². The first kappa shape index (κ1) is 21.2. The smallest absolute Gasteiger partial charge is 0.331 e. The number of nitrogens with one attached hydrogen (secondary N) is 1. The summed E-state index contributed by atoms with van der Waals surface area (Å²) in [7, 11) is 1.40. The molecule has 1 aliphatic heterocycles. The zero-order valence-corrected chi connectivity index (χ0v) is 16.9. The molecule has 1 unspecified atom stereocenters. The maximum Gasteiger partial charge on any atom is 0.331 e. The fourth-order valence-corrected chi connectivity index (χ4v) is 2.30. The van der Waals surface area contributed by atoms with E-state index in [1.165, 1.54) is 7.05 Å². The first-order valence-electron chi connectivity index (χ1n) is 6.82. The Bertz CT molecular complexity index is 769. The Kier molecular flexibility index (Phi) is 6.75. The predicted octanol–water partition coefficient (Wildman–Crippen LogP) is 2.25. The first-order chi connectivity index (χ1) is 12.1. The summed E-state index contributed by atoms with van der Waals surface area (Å²) in [6.45, 7) is 1.73. The maximum absolute atomic E-state index is 12.1. The zero-order chi connectivity index (χ0) is 19.6. The summed E-state index contributed by atoms with van der Waals surface area (Å²) in [5.41, 5.74) is 2.29. The number of carbonyl (C=O) groups is 2. The fraction of sp³-hybridized carbons (Fsp3) is 0.417. The van der Waals surface area contributed by atoms with Gasteiger partial charge in [0, 0.05) is 7.05 Å². The Morgan fingerprint density at radius 2 is 2.00 bits per heavy atom. The van der Waals surface area contributed by atoms with Crippen molar-refractivity contribution in [1.29, 1.82) is 0 Å². The number of ether oxygens (including phenoxy) is 1. The number of amides is 1. The van der Waals surface area contributed by atoms with Crippen LogP contribution in [0.1, 0.15) is 12.7 Å². The minimum Gasteiger partial charge on any atom is -0.464 e. The molecule has 1 amide bonds. The van der Waals surface area contributed by atoms with Crippen LogP contribution in [0.3, 0.4) is 0 Å². The van der Waals surface area contributed by atoms with Crippen molar-refractivity contribution in [3.05, 3.63) is 16.0 Å². The average molecular weight is 466 g/mol. The molecule has 0 radical (unpaired) electrons. The molecule has 1 aromatic heterocycles. The summed E-state index contributed by atoms with van der Waals surface area (Å²) in [5, 5.41) is 4.20. The third-order valence-corrected chi connectivity index (χ3v) is 4.12. The van der Waals surface area contributed by atoms with E-state index in [0.29, 0.717) is 0 Å². The summed E-state index contributed by atoms with van der Waals surface area (Å²) in [5.74, 6) is -2.03. The van der Waals surface area contributed by atoms with E-state index in [9.17, 15) is 9.59 Å². The molecule has 142 valence electrons. The lowest BCUT2D eigenvalue weighted by atomic mass is 10.2. The molecule has 0 bridgehead atoms. The summed E-state index contributed by atoms with van der Waals surface area (Å²) in [6, 6.07) is -1.17. The molecule has 26 heavy (non-hydrogen) atoms. The molecule has 2 heterocycles. The van der Waals surface area contributed by atoms with Crippen LogP contribution in [0.4, 0.5) is 0 Å². The number of halogens is 5. The number of aromatic nitrogens is 2. The van der Waals surface area contributed by atoms with E-state index in [-0.39, 0.29) is 34.2 Å². The van der Waals surface area contributed by atoms with Crippen molar-refractivity contribution in [1.82, 2.24) is 20.4 Å². The van der Waals surface area contributed by atoms with Crippen LogP contribution in [0.2, 0.25) is 10.2 Å². The van der Waals surface area contributed by atoms with Gasteiger partial charge in [-0.15, -0.1) is 0 Å². The van der Waals surface area contributed by atoms with Crippen LogP contribution in [0.15, 0.2) is 5.16 Å². The Labute approximate surface area is 172 Å². The molecule has 1 N–H and O–H groups in total. The van der Waals surface area contributed by atoms with Crippen LogP contribution in [0.25, 0.3) is 0 Å². The van der Waals surface area contributed by atoms with Gasteiger partial charge in [0.25, 0.3) is 11.8 Å². The summed E-state index contributed by atoms with van der Waals surface area (Å²) >= 11 is 28.9. The lowest BCUT2D eigenvalue weighted by molar-refractivity contribution is -0.144. The van der Waals surface area contributed by atoms with Gasteiger partial charge in [-0.3, -0.25) is 9.80 Å². The highest BCUT2D eigenvalue weighted by atomic mass is 35.6. The molecule has 14 heteroatoms. The SMILES string of the molecule is CCOC(=O)C1NN(C)C(=O)C1=NOc1nc(C(Cl)(Cl)Cl)nc(Cl)c1Cl. The van der Waals surface area contributed by atoms with Crippen molar-refractivity contribution < 1.29 is 19.2 Å². The molecule has 0 aliphatic carbocycles. The normalized spacial score (nSPS) is 19.2. The van der Waals surface area contributed by atoms with Gasteiger partial charge in [-0.1, -0.05) is 63.2 Å². The second-order valence-corrected chi connectivity index (χ2v) is 7.72. The Hall–Kier alpha value is -1.10. The van der Waals surface area contributed by atoms with E-state index in [4.69, 9.17) is 67.6 Å². The second kappa shape index (κ2) is 8.28. The third kappa shape index (κ3) is 4.59. The van der Waals surface area contributed by atoms with Gasteiger partial charge in [-0.2, -0.15) is 4.98 Å². The van der Waals surface area contributed by atoms with Gasteiger partial charge in [-0.25, -0.2) is 15.2 Å². The number of oxime groups is 1. The van der Waals surface area contributed by atoms with E-state index in [0.717, 1.165) is 5.01 Å². The predicted molar refractivity (Wildman–Crippen MR) is 95.7 cm³/mol. The lowest BCUT2D eigenvalue weighted by Crippen LogP contribution is -2.41. The number of nitrogens with zero attached hydrogens (tertiary/aromatic N) is 4. The van der Waals surface area contributed by atoms with Crippen LogP contribution < -0.4 is 10.3 Å². The molecule has 1 fully saturated rings. The largest absolute Gasteiger partial charge is 0.464 e. The molecule has 9 nitrogen and oxygen atoms in total. The second-order valence-electron chi connectivity index (χ2n) is 4.70. The molecule has 1 aliphatic rings. The van der Waals surface area contributed by atoms with Crippen molar-refractivity contribution in [3.8, 4) is 5.88 Å². The Balaban J connectivity index is 2.36.